The molecule has 2 atom stereocenters. The summed E-state index contributed by atoms with van der Waals surface area (Å²) in [5.41, 5.74) is 8.00. The van der Waals surface area contributed by atoms with Gasteiger partial charge in [0.25, 0.3) is 0 Å². The number of hydrogen-bond acceptors (Lipinski definition) is 1. The minimum atomic E-state index is 0. The van der Waals surface area contributed by atoms with Crippen LogP contribution in [0.5, 0.6) is 0 Å². The van der Waals surface area contributed by atoms with Gasteiger partial charge in [-0.15, -0.1) is 11.7 Å². The van der Waals surface area contributed by atoms with Crippen molar-refractivity contribution in [1.82, 2.24) is 0 Å². The molecule has 0 heterocycles. The molecule has 0 aliphatic heterocycles. The van der Waals surface area contributed by atoms with Crippen LogP contribution in [-0.2, 0) is 16.5 Å². The van der Waals surface area contributed by atoms with Gasteiger partial charge in [-0.3, -0.25) is 0 Å². The van der Waals surface area contributed by atoms with E-state index in [0.29, 0.717) is 23.7 Å². The predicted molar refractivity (Wildman–Crippen MR) is 135 cm³/mol. The first-order valence-electron chi connectivity index (χ1n) is 11.8. The number of hydrogen-bond donors (Lipinski definition) is 1. The molecule has 0 aromatic heterocycles. The van der Waals surface area contributed by atoms with E-state index >= 15 is 0 Å². The SMILES string of the molecule is CC(C)c1cccc(C(C)C)c1[N-]C(C)C(C)Nc1c(C(C)C)cccc1C(C)C.[Br-].[Br-].[Ni+3]. The van der Waals surface area contributed by atoms with E-state index in [1.54, 1.807) is 0 Å². The van der Waals surface area contributed by atoms with E-state index in [1.807, 2.05) is 0 Å². The van der Waals surface area contributed by atoms with Crippen LogP contribution in [0.3, 0.4) is 0 Å². The molecule has 2 nitrogen and oxygen atoms in total. The van der Waals surface area contributed by atoms with Crippen LogP contribution >= 0.6 is 0 Å². The zero-order valence-corrected chi connectivity index (χ0v) is 26.1. The van der Waals surface area contributed by atoms with E-state index < -0.39 is 0 Å². The van der Waals surface area contributed by atoms with Crippen molar-refractivity contribution >= 4 is 11.4 Å². The van der Waals surface area contributed by atoms with Crippen LogP contribution in [0.1, 0.15) is 115 Å². The molecule has 2 aromatic carbocycles. The molecule has 2 aromatic rings. The molecule has 0 saturated carbocycles. The van der Waals surface area contributed by atoms with Crippen LogP contribution in [-0.4, -0.2) is 12.1 Å². The van der Waals surface area contributed by atoms with Crippen molar-refractivity contribution in [3.05, 3.63) is 64.0 Å². The van der Waals surface area contributed by atoms with Crippen LogP contribution < -0.4 is 39.3 Å². The second-order valence-corrected chi connectivity index (χ2v) is 10.0. The molecule has 2 rings (SSSR count). The van der Waals surface area contributed by atoms with Crippen molar-refractivity contribution in [3.63, 3.8) is 0 Å². The van der Waals surface area contributed by atoms with E-state index in [9.17, 15) is 0 Å². The molecule has 0 fully saturated rings. The zero-order valence-electron chi connectivity index (χ0n) is 21.9. The first kappa shape index (κ1) is 34.7. The van der Waals surface area contributed by atoms with E-state index in [4.69, 9.17) is 5.32 Å². The van der Waals surface area contributed by atoms with Crippen molar-refractivity contribution in [1.29, 1.82) is 0 Å². The average molecular weight is 626 g/mol. The third kappa shape index (κ3) is 8.90. The summed E-state index contributed by atoms with van der Waals surface area (Å²) in [7, 11) is 0. The average Bonchev–Trinajstić information content (AvgIpc) is 2.67. The second kappa shape index (κ2) is 15.5. The molecule has 0 aliphatic carbocycles. The quantitative estimate of drug-likeness (QED) is 0.426. The standard InChI is InChI=1S/C28H43N2.2BrH.Ni/c1-17(2)23-13-11-14-24(18(3)4)27(23)29-21(9)22(10)30-28-25(19(5)6)15-12-16-26(28)20(7)8;;;/h11-22,29H,1-10H3;2*1H;/q-1;;;+3/p-2. The van der Waals surface area contributed by atoms with Gasteiger partial charge in [0, 0.05) is 11.7 Å². The molecule has 0 bridgehead atoms. The van der Waals surface area contributed by atoms with Gasteiger partial charge in [0.15, 0.2) is 0 Å². The number of nitrogens with zero attached hydrogens (tertiary/aromatic N) is 1. The third-order valence-corrected chi connectivity index (χ3v) is 6.14. The van der Waals surface area contributed by atoms with E-state index in [-0.39, 0.29) is 62.5 Å². The minimum Gasteiger partial charge on any atom is -1.00 e. The Labute approximate surface area is 234 Å². The van der Waals surface area contributed by atoms with Gasteiger partial charge in [0.2, 0.25) is 0 Å². The fourth-order valence-corrected chi connectivity index (χ4v) is 4.04. The minimum absolute atomic E-state index is 0. The number of anilines is 1. The van der Waals surface area contributed by atoms with E-state index in [2.05, 4.69) is 111 Å². The summed E-state index contributed by atoms with van der Waals surface area (Å²) in [6.45, 7) is 22.7. The van der Waals surface area contributed by atoms with Crippen molar-refractivity contribution in [2.45, 2.75) is 105 Å². The molecule has 2 unspecified atom stereocenters. The maximum absolute atomic E-state index is 5.28. The van der Waals surface area contributed by atoms with E-state index in [1.165, 1.54) is 33.6 Å². The van der Waals surface area contributed by atoms with Gasteiger partial charge in [-0.25, -0.2) is 0 Å². The third-order valence-electron chi connectivity index (χ3n) is 6.14. The first-order valence-corrected chi connectivity index (χ1v) is 11.8. The summed E-state index contributed by atoms with van der Waals surface area (Å²) in [6.07, 6.45) is 0. The Morgan fingerprint density at radius 2 is 0.909 bits per heavy atom. The summed E-state index contributed by atoms with van der Waals surface area (Å²) in [5.74, 6) is 1.90. The van der Waals surface area contributed by atoms with Gasteiger partial charge >= 0.3 is 16.5 Å². The van der Waals surface area contributed by atoms with Crippen LogP contribution in [0.4, 0.5) is 11.4 Å². The van der Waals surface area contributed by atoms with E-state index in [0.717, 1.165) is 0 Å². The summed E-state index contributed by atoms with van der Waals surface area (Å²) in [6, 6.07) is 13.8. The molecule has 33 heavy (non-hydrogen) atoms. The van der Waals surface area contributed by atoms with Gasteiger partial charge in [0.05, 0.1) is 0 Å². The maximum atomic E-state index is 5.28. The van der Waals surface area contributed by atoms with Gasteiger partial charge in [-0.1, -0.05) is 110 Å². The summed E-state index contributed by atoms with van der Waals surface area (Å²) in [5, 5.41) is 9.15. The largest absolute Gasteiger partial charge is 3.00 e. The van der Waals surface area contributed by atoms with Crippen LogP contribution in [0, 0.1) is 0 Å². The summed E-state index contributed by atoms with van der Waals surface area (Å²) in [4.78, 5) is 0. The Balaban J connectivity index is 0. The summed E-state index contributed by atoms with van der Waals surface area (Å²) < 4.78 is 0. The maximum Gasteiger partial charge on any atom is 3.00 e. The molecule has 5 heteroatoms. The number of nitrogens with one attached hydrogen (secondary N) is 1. The Kier molecular flexibility index (Phi) is 16.3. The van der Waals surface area contributed by atoms with Crippen molar-refractivity contribution in [2.24, 2.45) is 0 Å². The van der Waals surface area contributed by atoms with Gasteiger partial charge < -0.3 is 44.6 Å². The van der Waals surface area contributed by atoms with Crippen molar-refractivity contribution < 1.29 is 50.5 Å². The molecule has 1 radical (unpaired) electrons. The Morgan fingerprint density at radius 3 is 1.24 bits per heavy atom. The Morgan fingerprint density at radius 1 is 0.576 bits per heavy atom. The fraction of sp³-hybridized carbons (Fsp3) is 0.571. The topological polar surface area (TPSA) is 26.1 Å². The van der Waals surface area contributed by atoms with Gasteiger partial charge in [-0.2, -0.15) is 0 Å². The van der Waals surface area contributed by atoms with Crippen molar-refractivity contribution in [3.8, 4) is 0 Å². The first-order chi connectivity index (χ1) is 14.0. The van der Waals surface area contributed by atoms with Crippen molar-refractivity contribution in [2.75, 3.05) is 5.32 Å². The van der Waals surface area contributed by atoms with Crippen LogP contribution in [0.2, 0.25) is 0 Å². The normalized spacial score (nSPS) is 12.7. The summed E-state index contributed by atoms with van der Waals surface area (Å²) >= 11 is 0. The monoisotopic (exact) mass is 623 g/mol. The number of benzene rings is 2. The predicted octanol–water partition coefficient (Wildman–Crippen LogP) is 3.08. The molecule has 0 aliphatic rings. The Hall–Kier alpha value is -0.506. The smallest absolute Gasteiger partial charge is 1.00 e. The zero-order chi connectivity index (χ0) is 22.6. The molecule has 0 saturated heterocycles. The fourth-order valence-electron chi connectivity index (χ4n) is 4.04. The molecule has 189 valence electrons. The molecule has 0 spiro atoms. The van der Waals surface area contributed by atoms with Gasteiger partial charge in [0.1, 0.15) is 0 Å². The molecular weight excluding hydrogens is 583 g/mol. The number of para-hydroxylation sites is 2. The van der Waals surface area contributed by atoms with Gasteiger partial charge in [-0.05, 0) is 41.7 Å². The molecule has 0 amide bonds. The molecule has 1 N–H and O–H groups in total. The molecular formula is C28H43Br2N2Ni. The number of rotatable bonds is 9. The number of halogens is 2. The second-order valence-electron chi connectivity index (χ2n) is 10.0. The Bertz CT molecular complexity index is 713. The van der Waals surface area contributed by atoms with Crippen LogP contribution in [0.15, 0.2) is 36.4 Å². The van der Waals surface area contributed by atoms with Crippen LogP contribution in [0.25, 0.3) is 5.32 Å².